The van der Waals surface area contributed by atoms with Crippen LogP contribution in [0.5, 0.6) is 0 Å². The predicted molar refractivity (Wildman–Crippen MR) is 60.5 cm³/mol. The molecule has 0 aromatic carbocycles. The van der Waals surface area contributed by atoms with Crippen molar-refractivity contribution in [3.8, 4) is 0 Å². The van der Waals surface area contributed by atoms with E-state index < -0.39 is 0 Å². The number of likely N-dealkylation sites (tertiary alicyclic amines) is 1. The minimum absolute atomic E-state index is 0.815. The Bertz CT molecular complexity index is 181. The third-order valence-electron chi connectivity index (χ3n) is 3.93. The molecule has 3 unspecified atom stereocenters. The second-order valence-corrected chi connectivity index (χ2v) is 4.90. The summed E-state index contributed by atoms with van der Waals surface area (Å²) in [4.78, 5) is 2.77. The first kappa shape index (κ1) is 10.4. The van der Waals surface area contributed by atoms with Crippen molar-refractivity contribution >= 4 is 0 Å². The van der Waals surface area contributed by atoms with Crippen molar-refractivity contribution in [2.75, 3.05) is 13.1 Å². The Labute approximate surface area is 88.1 Å². The van der Waals surface area contributed by atoms with Gasteiger partial charge in [-0.1, -0.05) is 26.7 Å². The van der Waals surface area contributed by atoms with Gasteiger partial charge in [0.1, 0.15) is 0 Å². The van der Waals surface area contributed by atoms with Gasteiger partial charge in [-0.25, -0.2) is 0 Å². The summed E-state index contributed by atoms with van der Waals surface area (Å²) in [5.74, 6) is 0. The number of nitrogens with one attached hydrogen (secondary N) is 1. The van der Waals surface area contributed by atoms with Crippen molar-refractivity contribution in [2.45, 2.75) is 64.1 Å². The van der Waals surface area contributed by atoms with Crippen molar-refractivity contribution in [3.63, 3.8) is 0 Å². The Morgan fingerprint density at radius 3 is 2.79 bits per heavy atom. The van der Waals surface area contributed by atoms with E-state index in [1.54, 1.807) is 0 Å². The Kier molecular flexibility index (Phi) is 3.45. The fourth-order valence-electron chi connectivity index (χ4n) is 3.08. The lowest BCUT2D eigenvalue weighted by Gasteiger charge is -2.34. The summed E-state index contributed by atoms with van der Waals surface area (Å²) < 4.78 is 0. The first-order valence-corrected chi connectivity index (χ1v) is 6.34. The number of nitrogens with zero attached hydrogens (tertiary/aromatic N) is 1. The van der Waals surface area contributed by atoms with Gasteiger partial charge >= 0.3 is 0 Å². The minimum Gasteiger partial charge on any atom is -0.311 e. The molecule has 0 radical (unpaired) electrons. The fourth-order valence-corrected chi connectivity index (χ4v) is 3.08. The normalized spacial score (nSPS) is 33.9. The highest BCUT2D eigenvalue weighted by molar-refractivity contribution is 4.99. The largest absolute Gasteiger partial charge is 0.311 e. The molecule has 0 aromatic heterocycles. The third-order valence-corrected chi connectivity index (χ3v) is 3.93. The van der Waals surface area contributed by atoms with E-state index in [1.165, 1.54) is 45.2 Å². The van der Waals surface area contributed by atoms with Crippen LogP contribution in [0.1, 0.15) is 46.0 Å². The SMILES string of the molecule is CCCCC(CC)N1CC2CC1CN2. The summed E-state index contributed by atoms with van der Waals surface area (Å²) in [5, 5.41) is 3.58. The molecule has 0 amide bonds. The highest BCUT2D eigenvalue weighted by atomic mass is 15.3. The minimum atomic E-state index is 0.815. The molecule has 14 heavy (non-hydrogen) atoms. The molecule has 2 aliphatic rings. The highest BCUT2D eigenvalue weighted by Gasteiger charge is 2.39. The van der Waals surface area contributed by atoms with Crippen LogP contribution >= 0.6 is 0 Å². The highest BCUT2D eigenvalue weighted by Crippen LogP contribution is 2.28. The molecule has 2 heterocycles. The molecule has 2 rings (SSSR count). The van der Waals surface area contributed by atoms with Crippen LogP contribution < -0.4 is 5.32 Å². The second-order valence-electron chi connectivity index (χ2n) is 4.90. The lowest BCUT2D eigenvalue weighted by Crippen LogP contribution is -2.48. The van der Waals surface area contributed by atoms with Crippen LogP contribution in [0.4, 0.5) is 0 Å². The molecule has 2 fully saturated rings. The molecule has 0 spiro atoms. The molecule has 0 aromatic rings. The van der Waals surface area contributed by atoms with Crippen LogP contribution in [-0.2, 0) is 0 Å². The van der Waals surface area contributed by atoms with Gasteiger partial charge in [0.2, 0.25) is 0 Å². The van der Waals surface area contributed by atoms with Gasteiger partial charge in [0.25, 0.3) is 0 Å². The van der Waals surface area contributed by atoms with Crippen molar-refractivity contribution in [1.29, 1.82) is 0 Å². The Balaban J connectivity index is 1.85. The quantitative estimate of drug-likeness (QED) is 0.723. The van der Waals surface area contributed by atoms with Gasteiger partial charge in [0.15, 0.2) is 0 Å². The maximum atomic E-state index is 3.58. The number of rotatable bonds is 5. The van der Waals surface area contributed by atoms with Gasteiger partial charge in [0, 0.05) is 31.2 Å². The monoisotopic (exact) mass is 196 g/mol. The lowest BCUT2D eigenvalue weighted by atomic mass is 10.0. The van der Waals surface area contributed by atoms with Crippen LogP contribution in [0.3, 0.4) is 0 Å². The average molecular weight is 196 g/mol. The van der Waals surface area contributed by atoms with E-state index in [4.69, 9.17) is 0 Å². The van der Waals surface area contributed by atoms with E-state index in [0.29, 0.717) is 0 Å². The van der Waals surface area contributed by atoms with E-state index in [-0.39, 0.29) is 0 Å². The van der Waals surface area contributed by atoms with E-state index in [1.807, 2.05) is 0 Å². The molecule has 1 N–H and O–H groups in total. The van der Waals surface area contributed by atoms with E-state index in [2.05, 4.69) is 24.1 Å². The van der Waals surface area contributed by atoms with Crippen LogP contribution in [0.25, 0.3) is 0 Å². The summed E-state index contributed by atoms with van der Waals surface area (Å²) in [6, 6.07) is 2.55. The molecule has 2 nitrogen and oxygen atoms in total. The van der Waals surface area contributed by atoms with Crippen LogP contribution in [-0.4, -0.2) is 36.1 Å². The third kappa shape index (κ3) is 1.96. The van der Waals surface area contributed by atoms with Crippen LogP contribution in [0.15, 0.2) is 0 Å². The Hall–Kier alpha value is -0.0800. The van der Waals surface area contributed by atoms with E-state index in [9.17, 15) is 0 Å². The van der Waals surface area contributed by atoms with Gasteiger partial charge in [0.05, 0.1) is 0 Å². The summed E-state index contributed by atoms with van der Waals surface area (Å²) in [7, 11) is 0. The fraction of sp³-hybridized carbons (Fsp3) is 1.00. The average Bonchev–Trinajstić information content (AvgIpc) is 2.80. The Morgan fingerprint density at radius 2 is 2.29 bits per heavy atom. The predicted octanol–water partition coefficient (Wildman–Crippen LogP) is 2.00. The molecule has 82 valence electrons. The zero-order valence-corrected chi connectivity index (χ0v) is 9.63. The molecular formula is C12H24N2. The van der Waals surface area contributed by atoms with E-state index >= 15 is 0 Å². The van der Waals surface area contributed by atoms with Crippen molar-refractivity contribution in [2.24, 2.45) is 0 Å². The maximum Gasteiger partial charge on any atom is 0.0239 e. The molecule has 3 atom stereocenters. The number of fused-ring (bicyclic) bond motifs is 2. The summed E-state index contributed by atoms with van der Waals surface area (Å²) in [5.41, 5.74) is 0. The first-order chi connectivity index (χ1) is 6.85. The molecule has 0 saturated carbocycles. The van der Waals surface area contributed by atoms with Crippen LogP contribution in [0.2, 0.25) is 0 Å². The molecular weight excluding hydrogens is 172 g/mol. The van der Waals surface area contributed by atoms with Crippen molar-refractivity contribution in [3.05, 3.63) is 0 Å². The summed E-state index contributed by atoms with van der Waals surface area (Å²) in [6.45, 7) is 7.20. The molecule has 2 saturated heterocycles. The van der Waals surface area contributed by atoms with Crippen molar-refractivity contribution < 1.29 is 0 Å². The first-order valence-electron chi connectivity index (χ1n) is 6.34. The van der Waals surface area contributed by atoms with Crippen LogP contribution in [0, 0.1) is 0 Å². The second kappa shape index (κ2) is 4.63. The number of unbranched alkanes of at least 4 members (excludes halogenated alkanes) is 1. The van der Waals surface area contributed by atoms with Gasteiger partial charge in [-0.15, -0.1) is 0 Å². The van der Waals surface area contributed by atoms with Crippen molar-refractivity contribution in [1.82, 2.24) is 10.2 Å². The Morgan fingerprint density at radius 1 is 1.43 bits per heavy atom. The number of piperazine rings is 1. The van der Waals surface area contributed by atoms with Gasteiger partial charge in [-0.05, 0) is 19.3 Å². The van der Waals surface area contributed by atoms with Gasteiger partial charge in [-0.3, -0.25) is 4.90 Å². The summed E-state index contributed by atoms with van der Waals surface area (Å²) >= 11 is 0. The van der Waals surface area contributed by atoms with E-state index in [0.717, 1.165) is 18.1 Å². The van der Waals surface area contributed by atoms with Gasteiger partial charge in [-0.2, -0.15) is 0 Å². The van der Waals surface area contributed by atoms with Gasteiger partial charge < -0.3 is 5.32 Å². The molecule has 2 aliphatic heterocycles. The number of hydrogen-bond donors (Lipinski definition) is 1. The smallest absolute Gasteiger partial charge is 0.0239 e. The zero-order valence-electron chi connectivity index (χ0n) is 9.63. The summed E-state index contributed by atoms with van der Waals surface area (Å²) in [6.07, 6.45) is 6.90. The molecule has 2 bridgehead atoms. The standard InChI is InChI=1S/C12H24N2/c1-3-5-6-11(4-2)14-9-10-7-12(14)8-13-10/h10-13H,3-9H2,1-2H3. The molecule has 0 aliphatic carbocycles. The topological polar surface area (TPSA) is 15.3 Å². The zero-order chi connectivity index (χ0) is 9.97. The lowest BCUT2D eigenvalue weighted by molar-refractivity contribution is 0.145. The maximum absolute atomic E-state index is 3.58. The number of hydrogen-bond acceptors (Lipinski definition) is 2. The molecule has 2 heteroatoms.